The number of aryl methyl sites for hydroxylation is 1. The summed E-state index contributed by atoms with van der Waals surface area (Å²) < 4.78 is 4.77. The van der Waals surface area contributed by atoms with E-state index in [0.29, 0.717) is 23.8 Å². The molecule has 6 heteroatoms. The molecule has 3 heterocycles. The molecule has 2 bridgehead atoms. The average molecular weight is 309 g/mol. The van der Waals surface area contributed by atoms with Crippen LogP contribution in [0.2, 0.25) is 0 Å². The molecule has 2 aliphatic rings. The van der Waals surface area contributed by atoms with Crippen LogP contribution in [0, 0.1) is 6.92 Å². The Morgan fingerprint density at radius 2 is 2.05 bits per heavy atom. The molecule has 3 rings (SSSR count). The minimum atomic E-state index is -0.350. The van der Waals surface area contributed by atoms with Gasteiger partial charge in [-0.15, -0.1) is 11.3 Å². The maximum atomic E-state index is 11.6. The van der Waals surface area contributed by atoms with Crippen LogP contribution in [0.1, 0.15) is 47.5 Å². The van der Waals surface area contributed by atoms with Crippen LogP contribution in [0.4, 0.5) is 5.13 Å². The van der Waals surface area contributed by atoms with Gasteiger partial charge in [0.15, 0.2) is 10.8 Å². The Hall–Kier alpha value is -1.14. The number of piperidine rings is 2. The van der Waals surface area contributed by atoms with Gasteiger partial charge in [-0.05, 0) is 39.7 Å². The molecule has 0 spiro atoms. The summed E-state index contributed by atoms with van der Waals surface area (Å²) in [6, 6.07) is 1.85. The largest absolute Gasteiger partial charge is 0.464 e. The summed E-state index contributed by atoms with van der Waals surface area (Å²) in [6.07, 6.45) is 6.29. The SMILES string of the molecule is COC(=O)c1nc(NC2CC3CCCC(C2)N3C)sc1C. The first-order valence-corrected chi connectivity index (χ1v) is 8.44. The summed E-state index contributed by atoms with van der Waals surface area (Å²) in [4.78, 5) is 19.5. The third-order valence-corrected chi connectivity index (χ3v) is 5.74. The van der Waals surface area contributed by atoms with E-state index in [0.717, 1.165) is 10.0 Å². The van der Waals surface area contributed by atoms with E-state index in [1.165, 1.54) is 39.2 Å². The third kappa shape index (κ3) is 2.92. The second-order valence-electron chi connectivity index (χ2n) is 6.13. The van der Waals surface area contributed by atoms with Crippen molar-refractivity contribution >= 4 is 22.4 Å². The minimum Gasteiger partial charge on any atom is -0.464 e. The zero-order chi connectivity index (χ0) is 15.0. The smallest absolute Gasteiger partial charge is 0.357 e. The van der Waals surface area contributed by atoms with Gasteiger partial charge in [-0.2, -0.15) is 0 Å². The third-order valence-electron chi connectivity index (χ3n) is 4.84. The van der Waals surface area contributed by atoms with Crippen molar-refractivity contribution in [2.75, 3.05) is 19.5 Å². The van der Waals surface area contributed by atoms with Crippen LogP contribution in [-0.2, 0) is 4.74 Å². The number of thiazole rings is 1. The normalized spacial score (nSPS) is 29.2. The fourth-order valence-corrected chi connectivity index (χ4v) is 4.53. The second-order valence-corrected chi connectivity index (χ2v) is 7.34. The molecule has 1 aromatic heterocycles. The van der Waals surface area contributed by atoms with E-state index < -0.39 is 0 Å². The fraction of sp³-hybridized carbons (Fsp3) is 0.733. The van der Waals surface area contributed by atoms with Crippen LogP contribution in [0.5, 0.6) is 0 Å². The maximum Gasteiger partial charge on any atom is 0.357 e. The number of aromatic nitrogens is 1. The molecule has 116 valence electrons. The summed E-state index contributed by atoms with van der Waals surface area (Å²) in [7, 11) is 3.65. The lowest BCUT2D eigenvalue weighted by Gasteiger charge is -2.47. The number of carbonyl (C=O) groups is 1. The lowest BCUT2D eigenvalue weighted by Crippen LogP contribution is -2.52. The summed E-state index contributed by atoms with van der Waals surface area (Å²) in [6.45, 7) is 1.92. The first kappa shape index (κ1) is 14.8. The molecular formula is C15H23N3O2S. The van der Waals surface area contributed by atoms with Gasteiger partial charge < -0.3 is 15.0 Å². The number of rotatable bonds is 3. The van der Waals surface area contributed by atoms with E-state index in [1.807, 2.05) is 6.92 Å². The van der Waals surface area contributed by atoms with E-state index in [2.05, 4.69) is 22.2 Å². The lowest BCUT2D eigenvalue weighted by atomic mass is 9.82. The number of nitrogens with one attached hydrogen (secondary N) is 1. The van der Waals surface area contributed by atoms with Gasteiger partial charge in [0.1, 0.15) is 0 Å². The van der Waals surface area contributed by atoms with Gasteiger partial charge >= 0.3 is 5.97 Å². The topological polar surface area (TPSA) is 54.5 Å². The Labute approximate surface area is 129 Å². The quantitative estimate of drug-likeness (QED) is 0.870. The molecule has 0 aromatic carbocycles. The Kier molecular flexibility index (Phi) is 4.17. The van der Waals surface area contributed by atoms with Crippen molar-refractivity contribution in [2.45, 2.75) is 57.2 Å². The maximum absolute atomic E-state index is 11.6. The summed E-state index contributed by atoms with van der Waals surface area (Å²) in [5, 5.41) is 4.39. The Balaban J connectivity index is 1.68. The molecule has 2 atom stereocenters. The number of hydrogen-bond acceptors (Lipinski definition) is 6. The van der Waals surface area contributed by atoms with Crippen molar-refractivity contribution in [3.05, 3.63) is 10.6 Å². The number of methoxy groups -OCH3 is 1. The highest BCUT2D eigenvalue weighted by molar-refractivity contribution is 7.15. The van der Waals surface area contributed by atoms with Gasteiger partial charge in [-0.25, -0.2) is 9.78 Å². The zero-order valence-electron chi connectivity index (χ0n) is 12.9. The molecular weight excluding hydrogens is 286 g/mol. The number of ether oxygens (including phenoxy) is 1. The summed E-state index contributed by atoms with van der Waals surface area (Å²) in [5.41, 5.74) is 0.443. The van der Waals surface area contributed by atoms with Crippen LogP contribution in [0.15, 0.2) is 0 Å². The average Bonchev–Trinajstić information content (AvgIpc) is 2.80. The molecule has 0 saturated carbocycles. The van der Waals surface area contributed by atoms with Crippen molar-refractivity contribution in [1.82, 2.24) is 9.88 Å². The van der Waals surface area contributed by atoms with Gasteiger partial charge in [0.25, 0.3) is 0 Å². The monoisotopic (exact) mass is 309 g/mol. The number of nitrogens with zero attached hydrogens (tertiary/aromatic N) is 2. The lowest BCUT2D eigenvalue weighted by molar-refractivity contribution is 0.0591. The van der Waals surface area contributed by atoms with Crippen molar-refractivity contribution in [3.8, 4) is 0 Å². The summed E-state index contributed by atoms with van der Waals surface area (Å²) >= 11 is 1.54. The standard InChI is InChI=1S/C15H23N3O2S/c1-9-13(14(19)20-3)17-15(21-9)16-10-7-11-5-4-6-12(8-10)18(11)2/h10-12H,4-8H2,1-3H3,(H,16,17). The minimum absolute atomic E-state index is 0.350. The number of carbonyl (C=O) groups excluding carboxylic acids is 1. The van der Waals surface area contributed by atoms with Crippen LogP contribution in [0.25, 0.3) is 0 Å². The van der Waals surface area contributed by atoms with E-state index in [-0.39, 0.29) is 5.97 Å². The Morgan fingerprint density at radius 1 is 1.38 bits per heavy atom. The number of hydrogen-bond donors (Lipinski definition) is 1. The van der Waals surface area contributed by atoms with Gasteiger partial charge in [-0.3, -0.25) is 0 Å². The van der Waals surface area contributed by atoms with Crippen LogP contribution in [0.3, 0.4) is 0 Å². The van der Waals surface area contributed by atoms with Crippen LogP contribution >= 0.6 is 11.3 Å². The molecule has 5 nitrogen and oxygen atoms in total. The predicted molar refractivity (Wildman–Crippen MR) is 84.0 cm³/mol. The molecule has 21 heavy (non-hydrogen) atoms. The highest BCUT2D eigenvalue weighted by Crippen LogP contribution is 2.34. The molecule has 1 N–H and O–H groups in total. The number of anilines is 1. The second kappa shape index (κ2) is 5.93. The van der Waals surface area contributed by atoms with Crippen LogP contribution < -0.4 is 5.32 Å². The zero-order valence-corrected chi connectivity index (χ0v) is 13.7. The van der Waals surface area contributed by atoms with Crippen molar-refractivity contribution in [2.24, 2.45) is 0 Å². The van der Waals surface area contributed by atoms with E-state index in [4.69, 9.17) is 4.74 Å². The Morgan fingerprint density at radius 3 is 2.67 bits per heavy atom. The molecule has 0 aliphatic carbocycles. The van der Waals surface area contributed by atoms with E-state index in [1.54, 1.807) is 11.3 Å². The van der Waals surface area contributed by atoms with E-state index >= 15 is 0 Å². The van der Waals surface area contributed by atoms with Gasteiger partial charge in [-0.1, -0.05) is 6.42 Å². The number of esters is 1. The van der Waals surface area contributed by atoms with Crippen molar-refractivity contribution in [1.29, 1.82) is 0 Å². The molecule has 0 amide bonds. The predicted octanol–water partition coefficient (Wildman–Crippen LogP) is 2.67. The Bertz CT molecular complexity index is 517. The highest BCUT2D eigenvalue weighted by atomic mass is 32.1. The van der Waals surface area contributed by atoms with Gasteiger partial charge in [0, 0.05) is 23.0 Å². The van der Waals surface area contributed by atoms with E-state index in [9.17, 15) is 4.79 Å². The van der Waals surface area contributed by atoms with Gasteiger partial charge in [0.2, 0.25) is 0 Å². The molecule has 1 aromatic rings. The number of fused-ring (bicyclic) bond motifs is 2. The fourth-order valence-electron chi connectivity index (χ4n) is 3.65. The molecule has 2 fully saturated rings. The molecule has 0 radical (unpaired) electrons. The first-order valence-electron chi connectivity index (χ1n) is 7.62. The molecule has 2 saturated heterocycles. The van der Waals surface area contributed by atoms with Crippen molar-refractivity contribution in [3.63, 3.8) is 0 Å². The molecule has 2 unspecified atom stereocenters. The highest BCUT2D eigenvalue weighted by Gasteiger charge is 2.36. The molecule has 2 aliphatic heterocycles. The first-order chi connectivity index (χ1) is 10.1. The van der Waals surface area contributed by atoms with Gasteiger partial charge in [0.05, 0.1) is 7.11 Å². The van der Waals surface area contributed by atoms with Crippen LogP contribution in [-0.4, -0.2) is 48.1 Å². The summed E-state index contributed by atoms with van der Waals surface area (Å²) in [5.74, 6) is -0.350. The van der Waals surface area contributed by atoms with Crippen molar-refractivity contribution < 1.29 is 9.53 Å².